The van der Waals surface area contributed by atoms with Gasteiger partial charge in [0, 0.05) is 4.47 Å². The van der Waals surface area contributed by atoms with Gasteiger partial charge in [0.1, 0.15) is 17.2 Å². The largest absolute Gasteiger partial charge is 0.489 e. The highest BCUT2D eigenvalue weighted by Gasteiger charge is 2.13. The number of rotatable bonds is 6. The van der Waals surface area contributed by atoms with E-state index in [4.69, 9.17) is 10.5 Å². The number of ether oxygens (including phenoxy) is 1. The van der Waals surface area contributed by atoms with Crippen LogP contribution in [-0.4, -0.2) is 17.1 Å². The average Bonchev–Trinajstić information content (AvgIpc) is 3.00. The number of halogens is 1. The maximum atomic E-state index is 12.1. The highest BCUT2D eigenvalue weighted by atomic mass is 79.9. The molecule has 0 spiro atoms. The SMILES string of the molecule is Cc1nc(N)sc1C(=O)N/N=C\c1cccc(OCc2ccc(Br)cc2)c1. The van der Waals surface area contributed by atoms with Crippen LogP contribution in [0.3, 0.4) is 0 Å². The standard InChI is InChI=1S/C19H17BrN4O2S/c1-12-17(27-19(21)23-12)18(25)24-22-10-14-3-2-4-16(9-14)26-11-13-5-7-15(20)8-6-13/h2-10H,11H2,1H3,(H2,21,23)(H,24,25)/b22-10-. The van der Waals surface area contributed by atoms with Gasteiger partial charge in [0.05, 0.1) is 11.9 Å². The molecule has 0 aliphatic heterocycles. The van der Waals surface area contributed by atoms with Gasteiger partial charge in [-0.15, -0.1) is 0 Å². The van der Waals surface area contributed by atoms with Gasteiger partial charge < -0.3 is 10.5 Å². The molecule has 1 aromatic heterocycles. The van der Waals surface area contributed by atoms with E-state index in [-0.39, 0.29) is 5.91 Å². The molecule has 0 aliphatic carbocycles. The smallest absolute Gasteiger partial charge is 0.283 e. The minimum Gasteiger partial charge on any atom is -0.489 e. The molecule has 0 saturated carbocycles. The predicted octanol–water partition coefficient (Wildman–Crippen LogP) is 4.14. The number of hydrogen-bond donors (Lipinski definition) is 2. The van der Waals surface area contributed by atoms with Crippen molar-refractivity contribution in [3.8, 4) is 5.75 Å². The lowest BCUT2D eigenvalue weighted by molar-refractivity contribution is 0.0958. The van der Waals surface area contributed by atoms with Gasteiger partial charge in [-0.3, -0.25) is 4.79 Å². The Kier molecular flexibility index (Phi) is 6.20. The first-order valence-corrected chi connectivity index (χ1v) is 9.66. The third-order valence-electron chi connectivity index (χ3n) is 3.58. The summed E-state index contributed by atoms with van der Waals surface area (Å²) >= 11 is 4.55. The molecule has 0 atom stereocenters. The fourth-order valence-corrected chi connectivity index (χ4v) is 3.26. The number of benzene rings is 2. The number of nitrogens with one attached hydrogen (secondary N) is 1. The van der Waals surface area contributed by atoms with Crippen LogP contribution in [0, 0.1) is 6.92 Å². The van der Waals surface area contributed by atoms with Crippen LogP contribution < -0.4 is 15.9 Å². The number of aromatic nitrogens is 1. The second-order valence-corrected chi connectivity index (χ2v) is 7.60. The fraction of sp³-hybridized carbons (Fsp3) is 0.105. The summed E-state index contributed by atoms with van der Waals surface area (Å²) in [5.74, 6) is 0.389. The summed E-state index contributed by atoms with van der Waals surface area (Å²) in [6, 6.07) is 15.4. The van der Waals surface area contributed by atoms with Crippen molar-refractivity contribution < 1.29 is 9.53 Å². The zero-order valence-corrected chi connectivity index (χ0v) is 16.9. The Morgan fingerprint density at radius 3 is 2.81 bits per heavy atom. The van der Waals surface area contributed by atoms with Crippen LogP contribution in [0.5, 0.6) is 5.75 Å². The summed E-state index contributed by atoms with van der Waals surface area (Å²) in [7, 11) is 0. The number of amides is 1. The molecular formula is C19H17BrN4O2S. The third-order valence-corrected chi connectivity index (χ3v) is 5.09. The van der Waals surface area contributed by atoms with E-state index in [1.54, 1.807) is 13.1 Å². The van der Waals surface area contributed by atoms with Crippen molar-refractivity contribution in [3.05, 3.63) is 74.7 Å². The van der Waals surface area contributed by atoms with Gasteiger partial charge >= 0.3 is 0 Å². The summed E-state index contributed by atoms with van der Waals surface area (Å²) in [4.78, 5) is 16.6. The maximum Gasteiger partial charge on any atom is 0.283 e. The van der Waals surface area contributed by atoms with E-state index in [0.717, 1.165) is 32.7 Å². The zero-order valence-electron chi connectivity index (χ0n) is 14.5. The first kappa shape index (κ1) is 19.1. The lowest BCUT2D eigenvalue weighted by Gasteiger charge is -2.07. The fourth-order valence-electron chi connectivity index (χ4n) is 2.28. The van der Waals surface area contributed by atoms with E-state index in [9.17, 15) is 4.79 Å². The van der Waals surface area contributed by atoms with Crippen LogP contribution in [0.25, 0.3) is 0 Å². The van der Waals surface area contributed by atoms with Crippen LogP contribution in [0.4, 0.5) is 5.13 Å². The van der Waals surface area contributed by atoms with Crippen LogP contribution in [0.1, 0.15) is 26.5 Å². The molecule has 6 nitrogen and oxygen atoms in total. The average molecular weight is 445 g/mol. The number of nitrogen functional groups attached to an aromatic ring is 1. The van der Waals surface area contributed by atoms with Crippen molar-refractivity contribution in [2.45, 2.75) is 13.5 Å². The normalized spacial score (nSPS) is 10.9. The quantitative estimate of drug-likeness (QED) is 0.441. The second-order valence-electron chi connectivity index (χ2n) is 5.65. The van der Waals surface area contributed by atoms with Crippen molar-refractivity contribution >= 4 is 44.5 Å². The molecule has 8 heteroatoms. The molecule has 0 bridgehead atoms. The summed E-state index contributed by atoms with van der Waals surface area (Å²) in [5.41, 5.74) is 10.6. The van der Waals surface area contributed by atoms with E-state index < -0.39 is 0 Å². The van der Waals surface area contributed by atoms with Gasteiger partial charge in [0.2, 0.25) is 0 Å². The maximum absolute atomic E-state index is 12.1. The number of nitrogens with two attached hydrogens (primary N) is 1. The van der Waals surface area contributed by atoms with E-state index in [2.05, 4.69) is 31.4 Å². The van der Waals surface area contributed by atoms with E-state index >= 15 is 0 Å². The van der Waals surface area contributed by atoms with Crippen LogP contribution in [-0.2, 0) is 6.61 Å². The minimum atomic E-state index is -0.333. The Morgan fingerprint density at radius 1 is 1.33 bits per heavy atom. The van der Waals surface area contributed by atoms with E-state index in [1.807, 2.05) is 48.5 Å². The summed E-state index contributed by atoms with van der Waals surface area (Å²) in [6.45, 7) is 2.20. The molecule has 0 saturated heterocycles. The zero-order chi connectivity index (χ0) is 19.2. The number of thiazole rings is 1. The Balaban J connectivity index is 1.58. The summed E-state index contributed by atoms with van der Waals surface area (Å²) < 4.78 is 6.83. The van der Waals surface area contributed by atoms with Gasteiger partial charge in [0.25, 0.3) is 5.91 Å². The number of carbonyl (C=O) groups excluding carboxylic acids is 1. The first-order chi connectivity index (χ1) is 13.0. The monoisotopic (exact) mass is 444 g/mol. The van der Waals surface area contributed by atoms with Gasteiger partial charge in [-0.2, -0.15) is 5.10 Å². The molecule has 138 valence electrons. The molecule has 0 aliphatic rings. The number of hydrazone groups is 1. The highest BCUT2D eigenvalue weighted by molar-refractivity contribution is 9.10. The Labute approximate surface area is 169 Å². The minimum absolute atomic E-state index is 0.333. The molecule has 2 aromatic carbocycles. The molecular weight excluding hydrogens is 428 g/mol. The first-order valence-electron chi connectivity index (χ1n) is 8.05. The van der Waals surface area contributed by atoms with E-state index in [1.165, 1.54) is 0 Å². The van der Waals surface area contributed by atoms with Crippen molar-refractivity contribution in [1.82, 2.24) is 10.4 Å². The number of nitrogens with zero attached hydrogens (tertiary/aromatic N) is 2. The Morgan fingerprint density at radius 2 is 2.11 bits per heavy atom. The number of aryl methyl sites for hydroxylation is 1. The highest BCUT2D eigenvalue weighted by Crippen LogP contribution is 2.19. The number of carbonyl (C=O) groups is 1. The van der Waals surface area contributed by atoms with Crippen LogP contribution in [0.15, 0.2) is 58.1 Å². The van der Waals surface area contributed by atoms with Crippen molar-refractivity contribution in [3.63, 3.8) is 0 Å². The van der Waals surface area contributed by atoms with Gasteiger partial charge in [-0.1, -0.05) is 51.5 Å². The van der Waals surface area contributed by atoms with Crippen molar-refractivity contribution in [2.75, 3.05) is 5.73 Å². The molecule has 1 heterocycles. The molecule has 0 radical (unpaired) electrons. The lowest BCUT2D eigenvalue weighted by atomic mass is 10.2. The third kappa shape index (κ3) is 5.38. The van der Waals surface area contributed by atoms with Crippen LogP contribution in [0.2, 0.25) is 0 Å². The van der Waals surface area contributed by atoms with Gasteiger partial charge in [-0.25, -0.2) is 10.4 Å². The topological polar surface area (TPSA) is 89.6 Å². The molecule has 0 fully saturated rings. The molecule has 3 rings (SSSR count). The number of anilines is 1. The van der Waals surface area contributed by atoms with Gasteiger partial charge in [-0.05, 0) is 42.3 Å². The molecule has 3 N–H and O–H groups in total. The van der Waals surface area contributed by atoms with Crippen molar-refractivity contribution in [2.24, 2.45) is 5.10 Å². The summed E-state index contributed by atoms with van der Waals surface area (Å²) in [6.07, 6.45) is 1.56. The Bertz CT molecular complexity index is 970. The second kappa shape index (κ2) is 8.79. The Hall–Kier alpha value is -2.71. The molecule has 3 aromatic rings. The number of hydrogen-bond acceptors (Lipinski definition) is 6. The molecule has 1 amide bonds. The molecule has 27 heavy (non-hydrogen) atoms. The molecule has 0 unspecified atom stereocenters. The predicted molar refractivity (Wildman–Crippen MR) is 111 cm³/mol. The van der Waals surface area contributed by atoms with Crippen molar-refractivity contribution in [1.29, 1.82) is 0 Å². The van der Waals surface area contributed by atoms with Crippen LogP contribution >= 0.6 is 27.3 Å². The van der Waals surface area contributed by atoms with E-state index in [0.29, 0.717) is 22.3 Å². The summed E-state index contributed by atoms with van der Waals surface area (Å²) in [5, 5.41) is 4.35. The lowest BCUT2D eigenvalue weighted by Crippen LogP contribution is -2.17. The van der Waals surface area contributed by atoms with Gasteiger partial charge in [0.15, 0.2) is 5.13 Å².